The van der Waals surface area contributed by atoms with Crippen molar-refractivity contribution in [2.75, 3.05) is 29.4 Å². The van der Waals surface area contributed by atoms with Crippen LogP contribution in [0.2, 0.25) is 0 Å². The summed E-state index contributed by atoms with van der Waals surface area (Å²) in [6, 6.07) is 12.2. The van der Waals surface area contributed by atoms with Crippen LogP contribution in [-0.2, 0) is 6.42 Å². The van der Waals surface area contributed by atoms with Gasteiger partial charge in [-0.2, -0.15) is 5.10 Å². The van der Waals surface area contributed by atoms with Gasteiger partial charge in [0.2, 0.25) is 0 Å². The number of rotatable bonds is 4. The highest BCUT2D eigenvalue weighted by molar-refractivity contribution is 5.93. The Morgan fingerprint density at radius 1 is 0.970 bits per heavy atom. The third kappa shape index (κ3) is 3.24. The smallest absolute Gasteiger partial charge is 0.323 e. The molecule has 2 aliphatic heterocycles. The molecule has 0 saturated carbocycles. The molecule has 1 N–H and O–H groups in total. The molecule has 166 valence electrons. The Balaban J connectivity index is 1.37. The number of carbonyl (C=O) groups excluding carboxylic acids is 1. The Morgan fingerprint density at radius 3 is 2.64 bits per heavy atom. The van der Waals surface area contributed by atoms with Crippen molar-refractivity contribution in [2.45, 2.75) is 20.3 Å². The van der Waals surface area contributed by atoms with Gasteiger partial charge in [0.05, 0.1) is 11.4 Å². The van der Waals surface area contributed by atoms with Crippen LogP contribution in [-0.4, -0.2) is 50.2 Å². The largest absolute Gasteiger partial charge is 0.336 e. The summed E-state index contributed by atoms with van der Waals surface area (Å²) in [4.78, 5) is 20.9. The lowest BCUT2D eigenvalue weighted by Crippen LogP contribution is -2.28. The molecular formula is C24H24N8O. The van der Waals surface area contributed by atoms with Crippen molar-refractivity contribution >= 4 is 23.4 Å². The lowest BCUT2D eigenvalue weighted by Gasteiger charge is -2.22. The van der Waals surface area contributed by atoms with Crippen LogP contribution >= 0.6 is 0 Å². The molecule has 0 aliphatic carbocycles. The Kier molecular flexibility index (Phi) is 4.42. The van der Waals surface area contributed by atoms with Gasteiger partial charge in [0, 0.05) is 61.2 Å². The van der Waals surface area contributed by atoms with E-state index in [9.17, 15) is 4.79 Å². The summed E-state index contributed by atoms with van der Waals surface area (Å²) in [6.07, 6.45) is 6.52. The van der Waals surface area contributed by atoms with Crippen LogP contribution in [0, 0.1) is 13.8 Å². The summed E-state index contributed by atoms with van der Waals surface area (Å²) in [5.74, 6) is 1.63. The third-order valence-corrected chi connectivity index (χ3v) is 6.24. The molecule has 6 rings (SSSR count). The maximum absolute atomic E-state index is 12.0. The molecule has 9 nitrogen and oxygen atoms in total. The van der Waals surface area contributed by atoms with Crippen molar-refractivity contribution < 1.29 is 4.79 Å². The van der Waals surface area contributed by atoms with E-state index in [0.29, 0.717) is 18.9 Å². The van der Waals surface area contributed by atoms with Crippen molar-refractivity contribution in [2.24, 2.45) is 0 Å². The number of aromatic nitrogens is 5. The van der Waals surface area contributed by atoms with Crippen LogP contribution < -0.4 is 15.1 Å². The number of nitrogens with zero attached hydrogens (tertiary/aromatic N) is 7. The van der Waals surface area contributed by atoms with Gasteiger partial charge in [-0.3, -0.25) is 4.90 Å². The molecule has 1 saturated heterocycles. The summed E-state index contributed by atoms with van der Waals surface area (Å²) < 4.78 is 3.73. The Hall–Kier alpha value is -4.14. The second-order valence-corrected chi connectivity index (χ2v) is 8.41. The SMILES string of the molecule is Cc1cc(-n2ccc(N3CCNC3=O)n2)c2c(n1)N(c1ccc(-n3cccn3)cc1C)CC2. The minimum absolute atomic E-state index is 0.100. The van der Waals surface area contributed by atoms with E-state index in [2.05, 4.69) is 46.5 Å². The van der Waals surface area contributed by atoms with Gasteiger partial charge in [0.25, 0.3) is 0 Å². The molecule has 2 amide bonds. The standard InChI is InChI=1S/C24H24N8O/c1-16-14-18(31-10-3-8-26-31)4-5-20(16)29-11-6-19-21(15-17(2)27-23(19)29)32-12-7-22(28-32)30-13-9-25-24(30)33/h3-5,7-8,10,12,14-15H,6,9,11,13H2,1-2H3,(H,25,33). The van der Waals surface area contributed by atoms with Gasteiger partial charge in [-0.1, -0.05) is 0 Å². The van der Waals surface area contributed by atoms with Gasteiger partial charge >= 0.3 is 6.03 Å². The number of nitrogens with one attached hydrogen (secondary N) is 1. The first kappa shape index (κ1) is 19.5. The number of fused-ring (bicyclic) bond motifs is 1. The first-order valence-corrected chi connectivity index (χ1v) is 11.1. The van der Waals surface area contributed by atoms with E-state index >= 15 is 0 Å². The van der Waals surface area contributed by atoms with Gasteiger partial charge in [-0.15, -0.1) is 5.10 Å². The van der Waals surface area contributed by atoms with E-state index in [1.807, 2.05) is 40.8 Å². The molecule has 0 radical (unpaired) electrons. The molecule has 0 atom stereocenters. The van der Waals surface area contributed by atoms with Crippen LogP contribution in [0.25, 0.3) is 11.4 Å². The fourth-order valence-electron chi connectivity index (χ4n) is 4.69. The second-order valence-electron chi connectivity index (χ2n) is 8.41. The number of benzene rings is 1. The lowest BCUT2D eigenvalue weighted by molar-refractivity contribution is 0.252. The highest BCUT2D eigenvalue weighted by Crippen LogP contribution is 2.38. The highest BCUT2D eigenvalue weighted by Gasteiger charge is 2.28. The summed E-state index contributed by atoms with van der Waals surface area (Å²) >= 11 is 0. The maximum Gasteiger partial charge on any atom is 0.323 e. The number of hydrogen-bond acceptors (Lipinski definition) is 5. The fraction of sp³-hybridized carbons (Fsp3) is 0.250. The first-order chi connectivity index (χ1) is 16.1. The second kappa shape index (κ2) is 7.47. The Labute approximate surface area is 191 Å². The van der Waals surface area contributed by atoms with E-state index < -0.39 is 0 Å². The molecule has 0 bridgehead atoms. The van der Waals surface area contributed by atoms with Gasteiger partial charge in [-0.25, -0.2) is 19.1 Å². The molecule has 4 aromatic rings. The van der Waals surface area contributed by atoms with Crippen LogP contribution in [0.15, 0.2) is 55.0 Å². The van der Waals surface area contributed by atoms with E-state index in [1.54, 1.807) is 11.1 Å². The van der Waals surface area contributed by atoms with Gasteiger partial charge in [0.1, 0.15) is 5.82 Å². The van der Waals surface area contributed by atoms with Gasteiger partial charge in [0.15, 0.2) is 5.82 Å². The predicted molar refractivity (Wildman–Crippen MR) is 126 cm³/mol. The molecule has 3 aromatic heterocycles. The number of hydrogen-bond donors (Lipinski definition) is 1. The number of pyridine rings is 1. The van der Waals surface area contributed by atoms with E-state index in [-0.39, 0.29) is 6.03 Å². The minimum atomic E-state index is -0.100. The van der Waals surface area contributed by atoms with Crippen molar-refractivity contribution in [3.05, 3.63) is 71.8 Å². The third-order valence-electron chi connectivity index (χ3n) is 6.24. The topological polar surface area (TPSA) is 84.1 Å². The molecule has 0 spiro atoms. The fourth-order valence-corrected chi connectivity index (χ4v) is 4.69. The number of aryl methyl sites for hydroxylation is 2. The monoisotopic (exact) mass is 440 g/mol. The Bertz CT molecular complexity index is 1360. The van der Waals surface area contributed by atoms with Crippen molar-refractivity contribution in [1.82, 2.24) is 29.9 Å². The van der Waals surface area contributed by atoms with Crippen molar-refractivity contribution in [3.63, 3.8) is 0 Å². The summed E-state index contributed by atoms with van der Waals surface area (Å²) in [5.41, 5.74) is 6.45. The quantitative estimate of drug-likeness (QED) is 0.526. The molecule has 5 heterocycles. The average molecular weight is 441 g/mol. The van der Waals surface area contributed by atoms with Crippen molar-refractivity contribution in [1.29, 1.82) is 0 Å². The summed E-state index contributed by atoms with van der Waals surface area (Å²) in [5, 5.41) is 11.9. The van der Waals surface area contributed by atoms with Crippen LogP contribution in [0.4, 0.5) is 22.1 Å². The number of urea groups is 1. The molecule has 33 heavy (non-hydrogen) atoms. The zero-order chi connectivity index (χ0) is 22.5. The molecule has 2 aliphatic rings. The molecule has 0 unspecified atom stereocenters. The zero-order valence-electron chi connectivity index (χ0n) is 18.6. The number of carbonyl (C=O) groups is 1. The summed E-state index contributed by atoms with van der Waals surface area (Å²) in [7, 11) is 0. The molecule has 1 fully saturated rings. The molecule has 9 heteroatoms. The van der Waals surface area contributed by atoms with Crippen LogP contribution in [0.5, 0.6) is 0 Å². The van der Waals surface area contributed by atoms with Gasteiger partial charge < -0.3 is 10.2 Å². The first-order valence-electron chi connectivity index (χ1n) is 11.1. The lowest BCUT2D eigenvalue weighted by atomic mass is 10.1. The van der Waals surface area contributed by atoms with E-state index in [1.165, 1.54) is 5.56 Å². The van der Waals surface area contributed by atoms with E-state index in [0.717, 1.165) is 47.1 Å². The van der Waals surface area contributed by atoms with Crippen LogP contribution in [0.3, 0.4) is 0 Å². The Morgan fingerprint density at radius 2 is 1.88 bits per heavy atom. The predicted octanol–water partition coefficient (Wildman–Crippen LogP) is 3.29. The normalized spacial score (nSPS) is 15.3. The van der Waals surface area contributed by atoms with Crippen LogP contribution in [0.1, 0.15) is 16.8 Å². The minimum Gasteiger partial charge on any atom is -0.336 e. The highest BCUT2D eigenvalue weighted by atomic mass is 16.2. The maximum atomic E-state index is 12.0. The molecular weight excluding hydrogens is 416 g/mol. The zero-order valence-corrected chi connectivity index (χ0v) is 18.6. The number of anilines is 3. The van der Waals surface area contributed by atoms with E-state index in [4.69, 9.17) is 10.1 Å². The number of amides is 2. The molecule has 1 aromatic carbocycles. The average Bonchev–Trinajstić information content (AvgIpc) is 3.59. The van der Waals surface area contributed by atoms with Gasteiger partial charge in [-0.05, 0) is 56.2 Å². The summed E-state index contributed by atoms with van der Waals surface area (Å²) in [6.45, 7) is 6.25. The van der Waals surface area contributed by atoms with Crippen molar-refractivity contribution in [3.8, 4) is 11.4 Å².